The van der Waals surface area contributed by atoms with Gasteiger partial charge in [0.2, 0.25) is 0 Å². The van der Waals surface area contributed by atoms with E-state index in [-0.39, 0.29) is 0 Å². The SMILES string of the molecule is CCc1cc(N)cc(CC)c1OC. The monoisotopic (exact) mass is 179 g/mol. The Morgan fingerprint density at radius 1 is 1.15 bits per heavy atom. The summed E-state index contributed by atoms with van der Waals surface area (Å²) < 4.78 is 5.36. The molecular weight excluding hydrogens is 162 g/mol. The van der Waals surface area contributed by atoms with E-state index in [9.17, 15) is 0 Å². The van der Waals surface area contributed by atoms with E-state index in [0.717, 1.165) is 24.3 Å². The van der Waals surface area contributed by atoms with E-state index in [1.54, 1.807) is 7.11 Å². The summed E-state index contributed by atoms with van der Waals surface area (Å²) in [7, 11) is 1.71. The van der Waals surface area contributed by atoms with Crippen LogP contribution in [0.2, 0.25) is 0 Å². The molecule has 0 radical (unpaired) electrons. The number of nitrogens with two attached hydrogens (primary N) is 1. The van der Waals surface area contributed by atoms with Crippen molar-refractivity contribution in [1.29, 1.82) is 0 Å². The first-order valence-corrected chi connectivity index (χ1v) is 4.68. The van der Waals surface area contributed by atoms with Gasteiger partial charge in [0.25, 0.3) is 0 Å². The summed E-state index contributed by atoms with van der Waals surface area (Å²) in [6.45, 7) is 4.22. The highest BCUT2D eigenvalue weighted by Crippen LogP contribution is 2.27. The van der Waals surface area contributed by atoms with Gasteiger partial charge in [-0.05, 0) is 36.1 Å². The summed E-state index contributed by atoms with van der Waals surface area (Å²) in [4.78, 5) is 0. The molecule has 0 aliphatic heterocycles. The van der Waals surface area contributed by atoms with Gasteiger partial charge in [-0.3, -0.25) is 0 Å². The van der Waals surface area contributed by atoms with Crippen LogP contribution in [0.1, 0.15) is 25.0 Å². The minimum absolute atomic E-state index is 0.828. The molecule has 2 heteroatoms. The molecule has 0 atom stereocenters. The Labute approximate surface area is 79.7 Å². The maximum absolute atomic E-state index is 5.78. The maximum Gasteiger partial charge on any atom is 0.125 e. The van der Waals surface area contributed by atoms with Crippen LogP contribution < -0.4 is 10.5 Å². The molecule has 1 aromatic rings. The highest BCUT2D eigenvalue weighted by atomic mass is 16.5. The van der Waals surface area contributed by atoms with Gasteiger partial charge in [-0.1, -0.05) is 13.8 Å². The van der Waals surface area contributed by atoms with Gasteiger partial charge in [-0.15, -0.1) is 0 Å². The second-order valence-electron chi connectivity index (χ2n) is 3.08. The third-order valence-electron chi connectivity index (χ3n) is 2.23. The molecule has 1 aromatic carbocycles. The molecule has 0 fully saturated rings. The number of ether oxygens (including phenoxy) is 1. The van der Waals surface area contributed by atoms with Crippen LogP contribution >= 0.6 is 0 Å². The molecule has 1 rings (SSSR count). The number of aryl methyl sites for hydroxylation is 2. The summed E-state index contributed by atoms with van der Waals surface area (Å²) in [6.07, 6.45) is 1.92. The summed E-state index contributed by atoms with van der Waals surface area (Å²) in [5, 5.41) is 0. The molecule has 72 valence electrons. The zero-order chi connectivity index (χ0) is 9.84. The van der Waals surface area contributed by atoms with Gasteiger partial charge in [0.15, 0.2) is 0 Å². The summed E-state index contributed by atoms with van der Waals surface area (Å²) in [5.41, 5.74) is 8.99. The van der Waals surface area contributed by atoms with Crippen molar-refractivity contribution in [3.8, 4) is 5.75 Å². The normalized spacial score (nSPS) is 10.1. The van der Waals surface area contributed by atoms with Crippen LogP contribution in [0.15, 0.2) is 12.1 Å². The van der Waals surface area contributed by atoms with Crippen molar-refractivity contribution >= 4 is 5.69 Å². The third-order valence-corrected chi connectivity index (χ3v) is 2.23. The zero-order valence-electron chi connectivity index (χ0n) is 8.55. The molecule has 0 amide bonds. The van der Waals surface area contributed by atoms with Gasteiger partial charge in [-0.2, -0.15) is 0 Å². The van der Waals surface area contributed by atoms with E-state index < -0.39 is 0 Å². The number of methoxy groups -OCH3 is 1. The van der Waals surface area contributed by atoms with Crippen molar-refractivity contribution < 1.29 is 4.74 Å². The lowest BCUT2D eigenvalue weighted by molar-refractivity contribution is 0.405. The number of benzene rings is 1. The van der Waals surface area contributed by atoms with E-state index in [0.29, 0.717) is 0 Å². The Hall–Kier alpha value is -1.18. The predicted molar refractivity (Wildman–Crippen MR) is 56.2 cm³/mol. The average Bonchev–Trinajstić information content (AvgIpc) is 2.16. The lowest BCUT2D eigenvalue weighted by Crippen LogP contribution is -1.98. The van der Waals surface area contributed by atoms with Crippen molar-refractivity contribution in [2.24, 2.45) is 0 Å². The zero-order valence-corrected chi connectivity index (χ0v) is 8.55. The Balaban J connectivity index is 3.25. The molecule has 0 unspecified atom stereocenters. The van der Waals surface area contributed by atoms with E-state index in [2.05, 4.69) is 13.8 Å². The molecular formula is C11H17NO. The molecule has 13 heavy (non-hydrogen) atoms. The summed E-state index contributed by atoms with van der Waals surface area (Å²) >= 11 is 0. The predicted octanol–water partition coefficient (Wildman–Crippen LogP) is 2.40. The smallest absolute Gasteiger partial charge is 0.125 e. The Morgan fingerprint density at radius 3 is 1.92 bits per heavy atom. The van der Waals surface area contributed by atoms with Gasteiger partial charge >= 0.3 is 0 Å². The van der Waals surface area contributed by atoms with Crippen molar-refractivity contribution in [3.05, 3.63) is 23.3 Å². The lowest BCUT2D eigenvalue weighted by atomic mass is 10.0. The Kier molecular flexibility index (Phi) is 3.18. The van der Waals surface area contributed by atoms with E-state index in [4.69, 9.17) is 10.5 Å². The molecule has 0 heterocycles. The molecule has 0 aliphatic carbocycles. The van der Waals surface area contributed by atoms with E-state index in [1.165, 1.54) is 11.1 Å². The molecule has 2 nitrogen and oxygen atoms in total. The first-order chi connectivity index (χ1) is 6.22. The molecule has 2 N–H and O–H groups in total. The van der Waals surface area contributed by atoms with Crippen LogP contribution in [0.25, 0.3) is 0 Å². The molecule has 0 bridgehead atoms. The highest BCUT2D eigenvalue weighted by molar-refractivity contribution is 5.53. The number of nitrogen functional groups attached to an aromatic ring is 1. The minimum atomic E-state index is 0.828. The number of rotatable bonds is 3. The van der Waals surface area contributed by atoms with E-state index in [1.807, 2.05) is 12.1 Å². The van der Waals surface area contributed by atoms with Crippen molar-refractivity contribution in [2.75, 3.05) is 12.8 Å². The second-order valence-corrected chi connectivity index (χ2v) is 3.08. The van der Waals surface area contributed by atoms with Crippen LogP contribution in [-0.4, -0.2) is 7.11 Å². The average molecular weight is 179 g/mol. The van der Waals surface area contributed by atoms with Gasteiger partial charge in [0.05, 0.1) is 7.11 Å². The number of hydrogen-bond acceptors (Lipinski definition) is 2. The van der Waals surface area contributed by atoms with Crippen LogP contribution in [-0.2, 0) is 12.8 Å². The number of hydrogen-bond donors (Lipinski definition) is 1. The quantitative estimate of drug-likeness (QED) is 0.723. The van der Waals surface area contributed by atoms with Crippen LogP contribution in [0.5, 0.6) is 5.75 Å². The summed E-state index contributed by atoms with van der Waals surface area (Å²) in [6, 6.07) is 3.97. The molecule has 0 saturated carbocycles. The third kappa shape index (κ3) is 1.94. The Morgan fingerprint density at radius 2 is 1.62 bits per heavy atom. The van der Waals surface area contributed by atoms with Crippen molar-refractivity contribution in [2.45, 2.75) is 26.7 Å². The standard InChI is InChI=1S/C11H17NO/c1-4-8-6-10(12)7-9(5-2)11(8)13-3/h6-7H,4-5,12H2,1-3H3. The maximum atomic E-state index is 5.78. The minimum Gasteiger partial charge on any atom is -0.496 e. The van der Waals surface area contributed by atoms with E-state index >= 15 is 0 Å². The summed E-state index contributed by atoms with van der Waals surface area (Å²) in [5.74, 6) is 0.999. The fraction of sp³-hybridized carbons (Fsp3) is 0.455. The van der Waals surface area contributed by atoms with Crippen LogP contribution in [0.4, 0.5) is 5.69 Å². The van der Waals surface area contributed by atoms with Crippen molar-refractivity contribution in [1.82, 2.24) is 0 Å². The number of anilines is 1. The fourth-order valence-electron chi connectivity index (χ4n) is 1.57. The molecule has 0 aliphatic rings. The second kappa shape index (κ2) is 4.17. The van der Waals surface area contributed by atoms with Gasteiger partial charge < -0.3 is 10.5 Å². The largest absolute Gasteiger partial charge is 0.496 e. The van der Waals surface area contributed by atoms with Crippen LogP contribution in [0, 0.1) is 0 Å². The lowest BCUT2D eigenvalue weighted by Gasteiger charge is -2.12. The fourth-order valence-corrected chi connectivity index (χ4v) is 1.57. The van der Waals surface area contributed by atoms with Gasteiger partial charge in [0.1, 0.15) is 5.75 Å². The Bertz CT molecular complexity index is 269. The highest BCUT2D eigenvalue weighted by Gasteiger charge is 2.07. The van der Waals surface area contributed by atoms with Gasteiger partial charge in [0, 0.05) is 5.69 Å². The van der Waals surface area contributed by atoms with Gasteiger partial charge in [-0.25, -0.2) is 0 Å². The van der Waals surface area contributed by atoms with Crippen molar-refractivity contribution in [3.63, 3.8) is 0 Å². The molecule has 0 aromatic heterocycles. The molecule has 0 spiro atoms. The molecule has 0 saturated heterocycles. The first kappa shape index (κ1) is 9.90. The topological polar surface area (TPSA) is 35.2 Å². The first-order valence-electron chi connectivity index (χ1n) is 4.68. The van der Waals surface area contributed by atoms with Crippen LogP contribution in [0.3, 0.4) is 0 Å².